The monoisotopic (exact) mass is 422 g/mol. The Kier molecular flexibility index (Phi) is 5.54. The minimum Gasteiger partial charge on any atom is -0.467 e. The highest BCUT2D eigenvalue weighted by molar-refractivity contribution is 6.31. The van der Waals surface area contributed by atoms with E-state index in [4.69, 9.17) is 16.3 Å². The van der Waals surface area contributed by atoms with Gasteiger partial charge >= 0.3 is 5.97 Å². The van der Waals surface area contributed by atoms with Crippen molar-refractivity contribution in [2.45, 2.75) is 12.5 Å². The number of nitrogens with zero attached hydrogens (tertiary/aromatic N) is 2. The largest absolute Gasteiger partial charge is 0.467 e. The summed E-state index contributed by atoms with van der Waals surface area (Å²) in [6.45, 7) is 0. The smallest absolute Gasteiger partial charge is 0.328 e. The third-order valence-corrected chi connectivity index (χ3v) is 5.09. The van der Waals surface area contributed by atoms with E-state index in [9.17, 15) is 9.59 Å². The Hall–Kier alpha value is -3.58. The first-order valence-electron chi connectivity index (χ1n) is 9.31. The van der Waals surface area contributed by atoms with Gasteiger partial charge in [-0.1, -0.05) is 35.9 Å². The van der Waals surface area contributed by atoms with E-state index in [1.807, 2.05) is 48.7 Å². The normalized spacial score (nSPS) is 12.5. The number of imidazole rings is 1. The lowest BCUT2D eigenvalue weighted by atomic mass is 10.0. The number of methoxy groups -OCH3 is 1. The molecule has 0 saturated carbocycles. The van der Waals surface area contributed by atoms with E-state index in [2.05, 4.69) is 15.3 Å². The third-order valence-electron chi connectivity index (χ3n) is 4.82. The van der Waals surface area contributed by atoms with Gasteiger partial charge in [-0.2, -0.15) is 0 Å². The molecule has 7 nitrogen and oxygen atoms in total. The summed E-state index contributed by atoms with van der Waals surface area (Å²) >= 11 is 6.19. The van der Waals surface area contributed by atoms with E-state index in [-0.39, 0.29) is 5.15 Å². The first-order valence-corrected chi connectivity index (χ1v) is 9.68. The maximum atomic E-state index is 12.5. The Morgan fingerprint density at radius 1 is 1.27 bits per heavy atom. The maximum Gasteiger partial charge on any atom is 0.328 e. The lowest BCUT2D eigenvalue weighted by Gasteiger charge is -2.15. The van der Waals surface area contributed by atoms with Crippen LogP contribution in [0.4, 0.5) is 0 Å². The van der Waals surface area contributed by atoms with Gasteiger partial charge in [0, 0.05) is 35.8 Å². The molecule has 0 saturated heterocycles. The summed E-state index contributed by atoms with van der Waals surface area (Å²) in [6, 6.07) is 12.5. The molecule has 1 atom stereocenters. The van der Waals surface area contributed by atoms with Crippen molar-refractivity contribution in [2.75, 3.05) is 7.11 Å². The molecule has 8 heteroatoms. The number of pyridine rings is 1. The molecule has 0 fully saturated rings. The quantitative estimate of drug-likeness (QED) is 0.368. The number of para-hydroxylation sites is 1. The molecule has 152 valence electrons. The first-order chi connectivity index (χ1) is 14.6. The second-order valence-corrected chi connectivity index (χ2v) is 7.06. The van der Waals surface area contributed by atoms with Gasteiger partial charge in [0.25, 0.3) is 0 Å². The van der Waals surface area contributed by atoms with Crippen LogP contribution >= 0.6 is 11.6 Å². The zero-order valence-electron chi connectivity index (χ0n) is 16.1. The van der Waals surface area contributed by atoms with E-state index >= 15 is 0 Å². The number of benzene rings is 1. The lowest BCUT2D eigenvalue weighted by molar-refractivity contribution is -0.144. The van der Waals surface area contributed by atoms with Crippen LogP contribution in [0.25, 0.3) is 22.6 Å². The Labute approximate surface area is 177 Å². The highest BCUT2D eigenvalue weighted by Gasteiger charge is 2.22. The summed E-state index contributed by atoms with van der Waals surface area (Å²) < 4.78 is 6.65. The number of nitrogens with one attached hydrogen (secondary N) is 2. The van der Waals surface area contributed by atoms with Crippen LogP contribution in [0.1, 0.15) is 11.3 Å². The number of carbonyl (C=O) groups excluding carboxylic acids is 2. The summed E-state index contributed by atoms with van der Waals surface area (Å²) in [5.41, 5.74) is 3.13. The second kappa shape index (κ2) is 8.42. The van der Waals surface area contributed by atoms with E-state index < -0.39 is 17.9 Å². The number of H-pyrrole nitrogens is 1. The number of aromatic amines is 1. The van der Waals surface area contributed by atoms with Crippen molar-refractivity contribution in [3.63, 3.8) is 0 Å². The van der Waals surface area contributed by atoms with Crippen molar-refractivity contribution in [3.05, 3.63) is 77.3 Å². The lowest BCUT2D eigenvalue weighted by Crippen LogP contribution is -2.42. The van der Waals surface area contributed by atoms with Crippen LogP contribution in [0, 0.1) is 0 Å². The number of fused-ring (bicyclic) bond motifs is 2. The van der Waals surface area contributed by atoms with Crippen LogP contribution in [0.2, 0.25) is 5.15 Å². The fourth-order valence-corrected chi connectivity index (χ4v) is 3.61. The molecule has 1 amide bonds. The van der Waals surface area contributed by atoms with Crippen molar-refractivity contribution in [3.8, 4) is 0 Å². The molecule has 0 bridgehead atoms. The number of ether oxygens (including phenoxy) is 1. The fourth-order valence-electron chi connectivity index (χ4n) is 3.37. The summed E-state index contributed by atoms with van der Waals surface area (Å²) in [4.78, 5) is 32.2. The minimum atomic E-state index is -0.830. The van der Waals surface area contributed by atoms with Gasteiger partial charge < -0.3 is 15.0 Å². The van der Waals surface area contributed by atoms with Crippen molar-refractivity contribution in [1.29, 1.82) is 0 Å². The van der Waals surface area contributed by atoms with Crippen molar-refractivity contribution < 1.29 is 14.3 Å². The van der Waals surface area contributed by atoms with Gasteiger partial charge in [-0.05, 0) is 29.8 Å². The Bertz CT molecular complexity index is 1260. The molecule has 3 heterocycles. The predicted molar refractivity (Wildman–Crippen MR) is 115 cm³/mol. The van der Waals surface area contributed by atoms with Crippen molar-refractivity contribution in [1.82, 2.24) is 19.7 Å². The van der Waals surface area contributed by atoms with Crippen LogP contribution in [-0.2, 0) is 20.7 Å². The van der Waals surface area contributed by atoms with Crippen LogP contribution in [0.5, 0.6) is 0 Å². The van der Waals surface area contributed by atoms with Gasteiger partial charge in [0.2, 0.25) is 5.91 Å². The number of esters is 1. The molecule has 0 aliphatic rings. The molecular formula is C22H19ClN4O3. The van der Waals surface area contributed by atoms with Crippen LogP contribution < -0.4 is 5.32 Å². The summed E-state index contributed by atoms with van der Waals surface area (Å²) in [5, 5.41) is 3.99. The highest BCUT2D eigenvalue weighted by atomic mass is 35.5. The molecule has 3 aromatic heterocycles. The molecule has 0 spiro atoms. The van der Waals surface area contributed by atoms with Gasteiger partial charge in [0.1, 0.15) is 11.7 Å². The van der Waals surface area contributed by atoms with E-state index in [0.717, 1.165) is 16.5 Å². The molecule has 30 heavy (non-hydrogen) atoms. The molecule has 4 aromatic rings. The van der Waals surface area contributed by atoms with Crippen LogP contribution in [-0.4, -0.2) is 39.4 Å². The number of carbonyl (C=O) groups is 2. The number of rotatable bonds is 6. The van der Waals surface area contributed by atoms with Gasteiger partial charge in [0.05, 0.1) is 12.8 Å². The molecule has 0 radical (unpaired) electrons. The van der Waals surface area contributed by atoms with Gasteiger partial charge in [0.15, 0.2) is 5.15 Å². The van der Waals surface area contributed by atoms with Gasteiger partial charge in [-0.3, -0.25) is 9.20 Å². The first kappa shape index (κ1) is 19.7. The number of hydrogen-bond donors (Lipinski definition) is 2. The number of amides is 1. The Morgan fingerprint density at radius 2 is 2.07 bits per heavy atom. The van der Waals surface area contributed by atoms with Gasteiger partial charge in [-0.25, -0.2) is 9.78 Å². The molecule has 1 aromatic carbocycles. The molecule has 2 N–H and O–H groups in total. The fraction of sp³-hybridized carbons (Fsp3) is 0.136. The average molecular weight is 423 g/mol. The predicted octanol–water partition coefficient (Wildman–Crippen LogP) is 3.38. The van der Waals surface area contributed by atoms with Crippen molar-refractivity contribution in [2.24, 2.45) is 0 Å². The summed E-state index contributed by atoms with van der Waals surface area (Å²) in [5.74, 6) is -0.956. The second-order valence-electron chi connectivity index (χ2n) is 6.70. The molecule has 0 aliphatic carbocycles. The number of hydrogen-bond acceptors (Lipinski definition) is 4. The zero-order chi connectivity index (χ0) is 21.1. The standard InChI is InChI=1S/C22H19ClN4O3/c1-30-22(29)17(12-14-13-24-16-7-3-2-6-15(14)16)25-20(28)10-9-18-21(23)26-19-8-4-5-11-27(18)19/h2-11,13,17,24H,12H2,1H3,(H,25,28)/b10-9+. The molecule has 1 unspecified atom stereocenters. The number of halogens is 1. The molecular weight excluding hydrogens is 404 g/mol. The van der Waals surface area contributed by atoms with Crippen molar-refractivity contribution >= 4 is 46.1 Å². The maximum absolute atomic E-state index is 12.5. The van der Waals surface area contributed by atoms with E-state index in [1.165, 1.54) is 13.2 Å². The SMILES string of the molecule is COC(=O)C(Cc1c[nH]c2ccccc12)NC(=O)/C=C/c1c(Cl)nc2ccccn12. The molecule has 0 aliphatic heterocycles. The van der Waals surface area contributed by atoms with Crippen LogP contribution in [0.3, 0.4) is 0 Å². The minimum absolute atomic E-state index is 0.286. The highest BCUT2D eigenvalue weighted by Crippen LogP contribution is 2.20. The third kappa shape index (κ3) is 3.92. The van der Waals surface area contributed by atoms with Crippen LogP contribution in [0.15, 0.2) is 60.9 Å². The van der Waals surface area contributed by atoms with Gasteiger partial charge in [-0.15, -0.1) is 0 Å². The Morgan fingerprint density at radius 3 is 2.90 bits per heavy atom. The Balaban J connectivity index is 1.53. The zero-order valence-corrected chi connectivity index (χ0v) is 16.9. The van der Waals surface area contributed by atoms with E-state index in [1.54, 1.807) is 16.7 Å². The topological polar surface area (TPSA) is 88.5 Å². The molecule has 4 rings (SSSR count). The number of aromatic nitrogens is 3. The summed E-state index contributed by atoms with van der Waals surface area (Å²) in [7, 11) is 1.30. The summed E-state index contributed by atoms with van der Waals surface area (Å²) in [6.07, 6.45) is 6.83. The van der Waals surface area contributed by atoms with E-state index in [0.29, 0.717) is 17.8 Å². The average Bonchev–Trinajstić information content (AvgIpc) is 3.31.